The number of hydrogen-bond acceptors (Lipinski definition) is 9. The van der Waals surface area contributed by atoms with Gasteiger partial charge in [-0.15, -0.1) is 0 Å². The fraction of sp³-hybridized carbons (Fsp3) is 0.297. The molecular formula is C37H39ClN6O5S. The third-order valence-corrected chi connectivity index (χ3v) is 9.68. The Balaban J connectivity index is 1.24. The summed E-state index contributed by atoms with van der Waals surface area (Å²) >= 11 is 6.24. The Labute approximate surface area is 297 Å². The van der Waals surface area contributed by atoms with Crippen molar-refractivity contribution in [3.8, 4) is 22.9 Å². The van der Waals surface area contributed by atoms with Crippen molar-refractivity contribution >= 4 is 50.1 Å². The Hall–Kier alpha value is -4.94. The summed E-state index contributed by atoms with van der Waals surface area (Å²) < 4.78 is 41.3. The number of pyridine rings is 1. The van der Waals surface area contributed by atoms with Crippen molar-refractivity contribution < 1.29 is 22.7 Å². The molecule has 3 aromatic carbocycles. The van der Waals surface area contributed by atoms with Crippen molar-refractivity contribution in [2.24, 2.45) is 0 Å². The van der Waals surface area contributed by atoms with Crippen LogP contribution < -0.4 is 14.8 Å². The van der Waals surface area contributed by atoms with E-state index in [-0.39, 0.29) is 17.9 Å². The summed E-state index contributed by atoms with van der Waals surface area (Å²) in [5.74, 6) is 1.01. The van der Waals surface area contributed by atoms with Crippen LogP contribution in [-0.2, 0) is 20.5 Å². The first kappa shape index (κ1) is 34.9. The van der Waals surface area contributed by atoms with Crippen LogP contribution in [0.2, 0.25) is 5.02 Å². The minimum absolute atomic E-state index is 0.0502. The molecule has 0 spiro atoms. The monoisotopic (exact) mass is 714 g/mol. The van der Waals surface area contributed by atoms with Gasteiger partial charge in [-0.3, -0.25) is 4.72 Å². The minimum Gasteiger partial charge on any atom is -0.444 e. The van der Waals surface area contributed by atoms with Gasteiger partial charge in [-0.1, -0.05) is 54.1 Å². The molecule has 6 rings (SSSR count). The zero-order valence-corrected chi connectivity index (χ0v) is 29.9. The Bertz CT molecular complexity index is 2140. The normalized spacial score (nSPS) is 15.1. The molecule has 1 fully saturated rings. The molecule has 3 heterocycles. The molecule has 0 bridgehead atoms. The first-order valence-electron chi connectivity index (χ1n) is 16.3. The van der Waals surface area contributed by atoms with Crippen molar-refractivity contribution in [2.75, 3.05) is 23.1 Å². The van der Waals surface area contributed by atoms with Crippen LogP contribution in [0, 0.1) is 6.92 Å². The Morgan fingerprint density at radius 2 is 1.80 bits per heavy atom. The number of nitrogens with zero attached hydrogens (tertiary/aromatic N) is 4. The molecule has 11 nitrogen and oxygen atoms in total. The predicted octanol–water partition coefficient (Wildman–Crippen LogP) is 8.20. The largest absolute Gasteiger partial charge is 0.444 e. The molecule has 1 amide bonds. The number of hydrogen-bond donors (Lipinski definition) is 2. The second-order valence-electron chi connectivity index (χ2n) is 13.2. The van der Waals surface area contributed by atoms with E-state index in [1.807, 2.05) is 52.0 Å². The third-order valence-electron chi connectivity index (χ3n) is 8.09. The number of likely N-dealkylation sites (tertiary alicyclic amines) is 1. The summed E-state index contributed by atoms with van der Waals surface area (Å²) in [6.07, 6.45) is 4.65. The number of benzene rings is 3. The summed E-state index contributed by atoms with van der Waals surface area (Å²) in [7, 11) is -3.79. The van der Waals surface area contributed by atoms with Crippen molar-refractivity contribution in [3.05, 3.63) is 101 Å². The van der Waals surface area contributed by atoms with Gasteiger partial charge in [0.15, 0.2) is 0 Å². The minimum atomic E-state index is -3.79. The highest BCUT2D eigenvalue weighted by Gasteiger charge is 2.28. The fourth-order valence-corrected chi connectivity index (χ4v) is 7.33. The topological polar surface area (TPSA) is 136 Å². The molecule has 0 radical (unpaired) electrons. The lowest BCUT2D eigenvalue weighted by atomic mass is 10.0. The van der Waals surface area contributed by atoms with E-state index in [2.05, 4.69) is 20.0 Å². The Morgan fingerprint density at radius 1 is 0.980 bits per heavy atom. The van der Waals surface area contributed by atoms with Crippen molar-refractivity contribution in [1.29, 1.82) is 0 Å². The smallest absolute Gasteiger partial charge is 0.410 e. The maximum atomic E-state index is 13.2. The summed E-state index contributed by atoms with van der Waals surface area (Å²) in [6.45, 7) is 8.59. The van der Waals surface area contributed by atoms with Crippen LogP contribution in [0.15, 0.2) is 85.2 Å². The summed E-state index contributed by atoms with van der Waals surface area (Å²) in [5.41, 5.74) is 2.43. The standard InChI is InChI=1S/C37H39ClN6O5S/c1-24-16-17-27-28(12-7-15-32(27)43-50(46,47)23-25-10-5-6-14-30(25)38)33(24)48-34-29(13-8-19-39-34)31-18-20-40-35(42-31)41-26-11-9-21-44(22-26)36(45)49-37(2,3)4/h5-8,10,12-20,26,43H,9,11,21-23H2,1-4H3,(H,40,41,42)/t26-/m0/s1. The van der Waals surface area contributed by atoms with E-state index in [1.165, 1.54) is 0 Å². The van der Waals surface area contributed by atoms with Gasteiger partial charge in [0.2, 0.25) is 21.9 Å². The lowest BCUT2D eigenvalue weighted by Gasteiger charge is -2.34. The molecule has 1 aliphatic heterocycles. The lowest BCUT2D eigenvalue weighted by molar-refractivity contribution is 0.0206. The molecule has 2 N–H and O–H groups in total. The second-order valence-corrected chi connectivity index (χ2v) is 15.3. The zero-order chi connectivity index (χ0) is 35.5. The molecule has 13 heteroatoms. The molecule has 260 valence electrons. The van der Waals surface area contributed by atoms with Gasteiger partial charge in [-0.2, -0.15) is 0 Å². The van der Waals surface area contributed by atoms with Gasteiger partial charge in [0.05, 0.1) is 22.7 Å². The third kappa shape index (κ3) is 8.43. The fourth-order valence-electron chi connectivity index (χ4n) is 5.80. The van der Waals surface area contributed by atoms with Gasteiger partial charge in [0, 0.05) is 47.3 Å². The molecule has 2 aromatic heterocycles. The Kier molecular flexibility index (Phi) is 10.1. The summed E-state index contributed by atoms with van der Waals surface area (Å²) in [4.78, 5) is 28.2. The molecular weight excluding hydrogens is 676 g/mol. The number of aryl methyl sites for hydroxylation is 1. The highest BCUT2D eigenvalue weighted by atomic mass is 35.5. The van der Waals surface area contributed by atoms with Gasteiger partial charge in [-0.25, -0.2) is 28.2 Å². The molecule has 0 saturated carbocycles. The van der Waals surface area contributed by atoms with Crippen molar-refractivity contribution in [3.63, 3.8) is 0 Å². The van der Waals surface area contributed by atoms with Gasteiger partial charge in [0.25, 0.3) is 0 Å². The number of ether oxygens (including phenoxy) is 2. The van der Waals surface area contributed by atoms with Crippen LogP contribution in [0.5, 0.6) is 11.6 Å². The number of piperidine rings is 1. The van der Waals surface area contributed by atoms with Crippen LogP contribution in [0.25, 0.3) is 22.0 Å². The number of nitrogens with one attached hydrogen (secondary N) is 2. The highest BCUT2D eigenvalue weighted by Crippen LogP contribution is 2.39. The zero-order valence-electron chi connectivity index (χ0n) is 28.3. The molecule has 1 aliphatic rings. The second kappa shape index (κ2) is 14.5. The van der Waals surface area contributed by atoms with Crippen LogP contribution >= 0.6 is 11.6 Å². The quantitative estimate of drug-likeness (QED) is 0.155. The first-order valence-corrected chi connectivity index (χ1v) is 18.4. The van der Waals surface area contributed by atoms with E-state index >= 15 is 0 Å². The number of rotatable bonds is 9. The summed E-state index contributed by atoms with van der Waals surface area (Å²) in [6, 6.07) is 21.4. The van der Waals surface area contributed by atoms with Crippen molar-refractivity contribution in [2.45, 2.75) is 57.9 Å². The molecule has 1 atom stereocenters. The molecule has 50 heavy (non-hydrogen) atoms. The maximum absolute atomic E-state index is 13.2. The highest BCUT2D eigenvalue weighted by molar-refractivity contribution is 7.92. The number of sulfonamides is 1. The van der Waals surface area contributed by atoms with Gasteiger partial charge in [0.1, 0.15) is 11.4 Å². The summed E-state index contributed by atoms with van der Waals surface area (Å²) in [5, 5.41) is 5.14. The SMILES string of the molecule is Cc1ccc2c(NS(=O)(=O)Cc3ccccc3Cl)cccc2c1Oc1ncccc1-c1ccnc(N[C@H]2CCCN(C(=O)OC(C)(C)C)C2)n1. The van der Waals surface area contributed by atoms with Crippen LogP contribution in [0.4, 0.5) is 16.4 Å². The number of carbonyl (C=O) groups is 1. The average Bonchev–Trinajstić information content (AvgIpc) is 3.07. The molecule has 5 aromatic rings. The number of aromatic nitrogens is 3. The van der Waals surface area contributed by atoms with E-state index in [4.69, 9.17) is 26.1 Å². The number of carbonyl (C=O) groups excluding carboxylic acids is 1. The molecule has 0 unspecified atom stereocenters. The molecule has 0 aliphatic carbocycles. The molecule has 1 saturated heterocycles. The van der Waals surface area contributed by atoms with Gasteiger partial charge in [-0.05, 0) is 82.0 Å². The van der Waals surface area contributed by atoms with Crippen LogP contribution in [0.3, 0.4) is 0 Å². The van der Waals surface area contributed by atoms with E-state index in [0.29, 0.717) is 69.0 Å². The van der Waals surface area contributed by atoms with Crippen LogP contribution in [-0.4, -0.2) is 59.1 Å². The average molecular weight is 715 g/mol. The Morgan fingerprint density at radius 3 is 2.60 bits per heavy atom. The maximum Gasteiger partial charge on any atom is 0.410 e. The number of anilines is 2. The van der Waals surface area contributed by atoms with Gasteiger partial charge < -0.3 is 19.7 Å². The number of amides is 1. The van der Waals surface area contributed by atoms with Crippen molar-refractivity contribution in [1.82, 2.24) is 19.9 Å². The van der Waals surface area contributed by atoms with E-state index in [9.17, 15) is 13.2 Å². The number of fused-ring (bicyclic) bond motifs is 1. The van der Waals surface area contributed by atoms with E-state index in [1.54, 1.807) is 65.8 Å². The van der Waals surface area contributed by atoms with E-state index in [0.717, 1.165) is 18.4 Å². The van der Waals surface area contributed by atoms with E-state index < -0.39 is 15.6 Å². The lowest BCUT2D eigenvalue weighted by Crippen LogP contribution is -2.47. The number of halogens is 1. The van der Waals surface area contributed by atoms with Gasteiger partial charge >= 0.3 is 6.09 Å². The predicted molar refractivity (Wildman–Crippen MR) is 196 cm³/mol. The van der Waals surface area contributed by atoms with Crippen LogP contribution in [0.1, 0.15) is 44.7 Å². The first-order chi connectivity index (χ1) is 23.8.